The van der Waals surface area contributed by atoms with E-state index in [1.807, 2.05) is 24.3 Å². The lowest BCUT2D eigenvalue weighted by molar-refractivity contribution is -0.135. The molecule has 1 saturated heterocycles. The number of thiazole rings is 1. The number of anilines is 1. The van der Waals surface area contributed by atoms with E-state index in [0.717, 1.165) is 28.7 Å². The number of likely N-dealkylation sites (tertiary alicyclic amines) is 1. The molecule has 2 unspecified atom stereocenters. The molecule has 2 aromatic carbocycles. The van der Waals surface area contributed by atoms with Crippen molar-refractivity contribution in [2.45, 2.75) is 55.8 Å². The Bertz CT molecular complexity index is 1690. The minimum Gasteiger partial charge on any atom is -0.462 e. The van der Waals surface area contributed by atoms with Gasteiger partial charge in [-0.3, -0.25) is 23.7 Å². The molecule has 5 rings (SSSR count). The zero-order valence-corrected chi connectivity index (χ0v) is 25.5. The van der Waals surface area contributed by atoms with Crippen LogP contribution >= 0.6 is 23.1 Å². The van der Waals surface area contributed by atoms with Gasteiger partial charge in [0.2, 0.25) is 11.8 Å². The summed E-state index contributed by atoms with van der Waals surface area (Å²) in [6.07, 6.45) is 0. The van der Waals surface area contributed by atoms with E-state index in [-0.39, 0.29) is 18.6 Å². The maximum atomic E-state index is 13.4. The number of nitrogens with zero attached hydrogens (tertiary/aromatic N) is 2. The number of urea groups is 1. The third kappa shape index (κ3) is 5.62. The van der Waals surface area contributed by atoms with Crippen molar-refractivity contribution in [2.75, 3.05) is 11.9 Å². The summed E-state index contributed by atoms with van der Waals surface area (Å²) in [7, 11) is 0. The molecule has 0 radical (unpaired) electrons. The summed E-state index contributed by atoms with van der Waals surface area (Å²) < 4.78 is 6.25. The summed E-state index contributed by atoms with van der Waals surface area (Å²) in [6, 6.07) is 12.6. The molecule has 1 aromatic heterocycles. The number of nitrogens with one attached hydrogen (secondary N) is 1. The Morgan fingerprint density at radius 2 is 1.63 bits per heavy atom. The number of primary amides is 1. The van der Waals surface area contributed by atoms with E-state index in [1.54, 1.807) is 19.1 Å². The number of esters is 1. The van der Waals surface area contributed by atoms with Gasteiger partial charge in [-0.25, -0.2) is 9.59 Å². The van der Waals surface area contributed by atoms with Crippen molar-refractivity contribution in [2.24, 2.45) is 11.7 Å². The zero-order valence-electron chi connectivity index (χ0n) is 23.9. The third-order valence-corrected chi connectivity index (χ3v) is 9.99. The number of ether oxygens (including phenoxy) is 1. The van der Waals surface area contributed by atoms with Gasteiger partial charge in [0, 0.05) is 16.5 Å². The van der Waals surface area contributed by atoms with Crippen LogP contribution in [0.15, 0.2) is 58.4 Å². The summed E-state index contributed by atoms with van der Waals surface area (Å²) in [5.41, 5.74) is 7.78. The van der Waals surface area contributed by atoms with Crippen LogP contribution in [0.4, 0.5) is 10.5 Å². The molecule has 3 atom stereocenters. The summed E-state index contributed by atoms with van der Waals surface area (Å²) in [6.45, 7) is 7.80. The molecule has 3 aromatic rings. The van der Waals surface area contributed by atoms with Crippen molar-refractivity contribution in [1.82, 2.24) is 9.47 Å². The molecule has 13 heteroatoms. The van der Waals surface area contributed by atoms with Crippen LogP contribution < -0.4 is 15.9 Å². The highest BCUT2D eigenvalue weighted by Crippen LogP contribution is 2.53. The van der Waals surface area contributed by atoms with Crippen LogP contribution in [-0.4, -0.2) is 51.0 Å². The molecule has 3 N–H and O–H groups in total. The molecule has 0 saturated carbocycles. The fourth-order valence-corrected chi connectivity index (χ4v) is 8.04. The highest BCUT2D eigenvalue weighted by atomic mass is 32.2. The molecule has 224 valence electrons. The number of thioether (sulfide) groups is 1. The number of imide groups is 3. The highest BCUT2D eigenvalue weighted by molar-refractivity contribution is 8.00. The minimum atomic E-state index is -1.15. The van der Waals surface area contributed by atoms with Gasteiger partial charge in [0.25, 0.3) is 5.91 Å². The lowest BCUT2D eigenvalue weighted by Crippen LogP contribution is -2.41. The Kier molecular flexibility index (Phi) is 8.05. The zero-order chi connectivity index (χ0) is 31.2. The predicted octanol–water partition coefficient (Wildman–Crippen LogP) is 3.69. The van der Waals surface area contributed by atoms with E-state index < -0.39 is 51.7 Å². The van der Waals surface area contributed by atoms with Crippen LogP contribution in [0.2, 0.25) is 0 Å². The molecule has 2 aliphatic rings. The molecule has 0 aliphatic carbocycles. The number of rotatable bonds is 6. The lowest BCUT2D eigenvalue weighted by Gasteiger charge is -2.31. The molecule has 0 bridgehead atoms. The van der Waals surface area contributed by atoms with Crippen molar-refractivity contribution in [1.29, 1.82) is 0 Å². The molecular weight excluding hydrogens is 592 g/mol. The number of carbonyl (C=O) groups excluding carboxylic acids is 5. The largest absolute Gasteiger partial charge is 0.462 e. The first-order valence-electron chi connectivity index (χ1n) is 13.6. The van der Waals surface area contributed by atoms with Gasteiger partial charge in [0.1, 0.15) is 11.8 Å². The third-order valence-electron chi connectivity index (χ3n) is 7.39. The second-order valence-electron chi connectivity index (χ2n) is 11.2. The first-order valence-corrected chi connectivity index (χ1v) is 15.3. The quantitative estimate of drug-likeness (QED) is 0.311. The van der Waals surface area contributed by atoms with Gasteiger partial charge in [-0.2, -0.15) is 4.90 Å². The number of carbonyl (C=O) groups is 5. The van der Waals surface area contributed by atoms with E-state index in [2.05, 4.69) is 26.1 Å². The number of benzene rings is 2. The van der Waals surface area contributed by atoms with E-state index in [4.69, 9.17) is 10.5 Å². The number of aromatic nitrogens is 1. The smallest absolute Gasteiger partial charge is 0.338 e. The van der Waals surface area contributed by atoms with Crippen LogP contribution in [0, 0.1) is 5.92 Å². The van der Waals surface area contributed by atoms with E-state index >= 15 is 0 Å². The minimum absolute atomic E-state index is 0.128. The van der Waals surface area contributed by atoms with Gasteiger partial charge < -0.3 is 15.8 Å². The molecule has 5 amide bonds. The second-order valence-corrected chi connectivity index (χ2v) is 13.4. The molecule has 11 nitrogen and oxygen atoms in total. The number of fused-ring (bicyclic) bond motifs is 2. The molecule has 1 fully saturated rings. The van der Waals surface area contributed by atoms with Crippen molar-refractivity contribution in [3.05, 3.63) is 79.8 Å². The topological polar surface area (TPSA) is 158 Å². The number of hydrogen-bond donors (Lipinski definition) is 2. The van der Waals surface area contributed by atoms with Crippen LogP contribution in [0.5, 0.6) is 0 Å². The van der Waals surface area contributed by atoms with Crippen molar-refractivity contribution in [3.8, 4) is 0 Å². The van der Waals surface area contributed by atoms with Crippen LogP contribution in [-0.2, 0) is 31.1 Å². The Morgan fingerprint density at radius 1 is 0.977 bits per heavy atom. The Labute approximate surface area is 255 Å². The average molecular weight is 623 g/mol. The number of amides is 5. The molecule has 43 heavy (non-hydrogen) atoms. The van der Waals surface area contributed by atoms with Gasteiger partial charge >= 0.3 is 16.9 Å². The van der Waals surface area contributed by atoms with E-state index in [0.29, 0.717) is 31.6 Å². The first-order chi connectivity index (χ1) is 20.3. The van der Waals surface area contributed by atoms with Crippen molar-refractivity contribution < 1.29 is 28.7 Å². The first kappa shape index (κ1) is 30.2. The van der Waals surface area contributed by atoms with Crippen molar-refractivity contribution >= 4 is 58.5 Å². The van der Waals surface area contributed by atoms with Gasteiger partial charge in [0.05, 0.1) is 23.1 Å². The highest BCUT2D eigenvalue weighted by Gasteiger charge is 2.57. The van der Waals surface area contributed by atoms with Gasteiger partial charge in [-0.1, -0.05) is 68.1 Å². The lowest BCUT2D eigenvalue weighted by atomic mass is 9.81. The van der Waals surface area contributed by atoms with Crippen molar-refractivity contribution in [3.63, 3.8) is 0 Å². The number of nitrogens with two attached hydrogens (primary N) is 1. The maximum absolute atomic E-state index is 13.4. The molecule has 0 spiro atoms. The predicted molar refractivity (Wildman–Crippen MR) is 161 cm³/mol. The fourth-order valence-electron chi connectivity index (χ4n) is 5.27. The maximum Gasteiger partial charge on any atom is 0.338 e. The van der Waals surface area contributed by atoms with Crippen LogP contribution in [0.25, 0.3) is 0 Å². The molecule has 3 heterocycles. The normalized spacial score (nSPS) is 19.5. The SMILES string of the molecule is CCOC(=O)c1ccc(NC(=O)Cn2c3c(sc2=O)[C@@H](c2ccc(C(C)(C)C)cc2)C2C(=O)N(C(N)=O)C(=O)C2S3)cc1. The summed E-state index contributed by atoms with van der Waals surface area (Å²) in [5.74, 6) is -4.09. The second kappa shape index (κ2) is 11.5. The summed E-state index contributed by atoms with van der Waals surface area (Å²) >= 11 is 1.90. The van der Waals surface area contributed by atoms with Gasteiger partial charge in [0.15, 0.2) is 0 Å². The molecule has 2 aliphatic heterocycles. The monoisotopic (exact) mass is 622 g/mol. The summed E-state index contributed by atoms with van der Waals surface area (Å²) in [4.78, 5) is 77.6. The Hall–Kier alpha value is -4.23. The van der Waals surface area contributed by atoms with Crippen LogP contribution in [0.3, 0.4) is 0 Å². The number of hydrogen-bond acceptors (Lipinski definition) is 9. The Balaban J connectivity index is 1.49. The van der Waals surface area contributed by atoms with Crippen LogP contribution in [0.1, 0.15) is 60.0 Å². The fraction of sp³-hybridized carbons (Fsp3) is 0.333. The van der Waals surface area contributed by atoms with Gasteiger partial charge in [-0.05, 0) is 47.7 Å². The average Bonchev–Trinajstić information content (AvgIpc) is 3.39. The van der Waals surface area contributed by atoms with Gasteiger partial charge in [-0.15, -0.1) is 0 Å². The summed E-state index contributed by atoms with van der Waals surface area (Å²) in [5, 5.41) is 2.10. The standard InChI is InChI=1S/C30H30N4O7S2/c1-5-41-27(38)16-8-12-18(13-9-16)32-19(35)14-33-26-23(43-29(33)40)20(15-6-10-17(11-7-15)30(2,3)4)21-22(42-26)25(37)34(24(21)36)28(31)39/h6-13,20-22H,5,14H2,1-4H3,(H2,31,39)(H,32,35)/t20-,21?,22?/m0/s1. The van der Waals surface area contributed by atoms with E-state index in [9.17, 15) is 28.8 Å². The Morgan fingerprint density at radius 3 is 2.21 bits per heavy atom. The molecular formula is C30H30N4O7S2. The van der Waals surface area contributed by atoms with E-state index in [1.165, 1.54) is 16.7 Å².